The van der Waals surface area contributed by atoms with E-state index < -0.39 is 6.04 Å². The van der Waals surface area contributed by atoms with Gasteiger partial charge in [0.15, 0.2) is 0 Å². The molecule has 122 valence electrons. The summed E-state index contributed by atoms with van der Waals surface area (Å²) in [6, 6.07) is 5.39. The summed E-state index contributed by atoms with van der Waals surface area (Å²) in [7, 11) is 3.27. The normalized spacial score (nSPS) is 19.1. The van der Waals surface area contributed by atoms with E-state index in [1.54, 1.807) is 14.2 Å². The van der Waals surface area contributed by atoms with Crippen LogP contribution in [0.3, 0.4) is 0 Å². The molecule has 0 radical (unpaired) electrons. The molecule has 0 bridgehead atoms. The van der Waals surface area contributed by atoms with Crippen LogP contribution in [0.15, 0.2) is 18.2 Å². The predicted molar refractivity (Wildman–Crippen MR) is 86.1 cm³/mol. The number of hydrogen-bond donors (Lipinski definition) is 1. The predicted octanol–water partition coefficient (Wildman–Crippen LogP) is 2.49. The zero-order chi connectivity index (χ0) is 16.1. The third-order valence-corrected chi connectivity index (χ3v) is 4.25. The molecule has 0 spiro atoms. The molecule has 1 aliphatic heterocycles. The van der Waals surface area contributed by atoms with Gasteiger partial charge in [0.2, 0.25) is 5.91 Å². The number of methoxy groups -OCH3 is 2. The van der Waals surface area contributed by atoms with Crippen LogP contribution in [0.25, 0.3) is 0 Å². The Morgan fingerprint density at radius 2 is 2.18 bits per heavy atom. The molecule has 5 heteroatoms. The van der Waals surface area contributed by atoms with E-state index in [-0.39, 0.29) is 11.9 Å². The highest BCUT2D eigenvalue weighted by Gasteiger charge is 2.33. The van der Waals surface area contributed by atoms with Crippen molar-refractivity contribution in [3.8, 4) is 11.5 Å². The molecule has 2 N–H and O–H groups in total. The van der Waals surface area contributed by atoms with Crippen molar-refractivity contribution in [2.75, 3.05) is 20.8 Å². The highest BCUT2D eigenvalue weighted by molar-refractivity contribution is 5.82. The van der Waals surface area contributed by atoms with Gasteiger partial charge in [0.1, 0.15) is 11.5 Å². The fourth-order valence-corrected chi connectivity index (χ4v) is 3.10. The number of benzene rings is 1. The van der Waals surface area contributed by atoms with Crippen LogP contribution in [0.4, 0.5) is 0 Å². The van der Waals surface area contributed by atoms with Crippen molar-refractivity contribution in [3.05, 3.63) is 23.8 Å². The Bertz CT molecular complexity index is 519. The van der Waals surface area contributed by atoms with Crippen LogP contribution in [0, 0.1) is 0 Å². The number of hydrogen-bond acceptors (Lipinski definition) is 4. The Balaban J connectivity index is 2.25. The monoisotopic (exact) mass is 306 g/mol. The standard InChI is InChI=1S/C17H26N2O3/c1-4-6-14(18)17(20)19-10-5-7-15(19)13-9-8-12(21-2)11-16(13)22-3/h8-9,11,14-15H,4-7,10,18H2,1-3H3. The van der Waals surface area contributed by atoms with Crippen LogP contribution in [0.5, 0.6) is 11.5 Å². The van der Waals surface area contributed by atoms with Gasteiger partial charge in [-0.2, -0.15) is 0 Å². The summed E-state index contributed by atoms with van der Waals surface area (Å²) < 4.78 is 10.7. The number of rotatable bonds is 6. The molecule has 2 rings (SSSR count). The second-order valence-electron chi connectivity index (χ2n) is 5.69. The fraction of sp³-hybridized carbons (Fsp3) is 0.588. The van der Waals surface area contributed by atoms with Crippen LogP contribution in [0.1, 0.15) is 44.2 Å². The van der Waals surface area contributed by atoms with Crippen LogP contribution in [0.2, 0.25) is 0 Å². The van der Waals surface area contributed by atoms with Gasteiger partial charge in [-0.25, -0.2) is 0 Å². The van der Waals surface area contributed by atoms with Crippen LogP contribution >= 0.6 is 0 Å². The van der Waals surface area contributed by atoms with Crippen molar-refractivity contribution in [2.45, 2.75) is 44.7 Å². The molecule has 22 heavy (non-hydrogen) atoms. The molecule has 5 nitrogen and oxygen atoms in total. The van der Waals surface area contributed by atoms with Crippen molar-refractivity contribution in [3.63, 3.8) is 0 Å². The maximum absolute atomic E-state index is 12.6. The summed E-state index contributed by atoms with van der Waals surface area (Å²) >= 11 is 0. The average molecular weight is 306 g/mol. The number of nitrogens with zero attached hydrogens (tertiary/aromatic N) is 1. The van der Waals surface area contributed by atoms with Gasteiger partial charge in [-0.3, -0.25) is 4.79 Å². The van der Waals surface area contributed by atoms with E-state index in [1.807, 2.05) is 30.0 Å². The van der Waals surface area contributed by atoms with Gasteiger partial charge in [-0.15, -0.1) is 0 Å². The van der Waals surface area contributed by atoms with E-state index in [0.29, 0.717) is 0 Å². The van der Waals surface area contributed by atoms with Crippen LogP contribution < -0.4 is 15.2 Å². The molecular weight excluding hydrogens is 280 g/mol. The topological polar surface area (TPSA) is 64.8 Å². The van der Waals surface area contributed by atoms with Gasteiger partial charge in [0.05, 0.1) is 26.3 Å². The zero-order valence-electron chi connectivity index (χ0n) is 13.7. The van der Waals surface area contributed by atoms with Crippen molar-refractivity contribution >= 4 is 5.91 Å². The first-order chi connectivity index (χ1) is 10.6. The average Bonchev–Trinajstić information content (AvgIpc) is 3.02. The lowest BCUT2D eigenvalue weighted by atomic mass is 10.0. The SMILES string of the molecule is CCCC(N)C(=O)N1CCCC1c1ccc(OC)cc1OC. The van der Waals surface area contributed by atoms with Gasteiger partial charge in [0, 0.05) is 18.2 Å². The van der Waals surface area contributed by atoms with Crippen molar-refractivity contribution < 1.29 is 14.3 Å². The highest BCUT2D eigenvalue weighted by Crippen LogP contribution is 2.38. The van der Waals surface area contributed by atoms with Gasteiger partial charge in [0.25, 0.3) is 0 Å². The second kappa shape index (κ2) is 7.49. The summed E-state index contributed by atoms with van der Waals surface area (Å²) in [6.07, 6.45) is 3.57. The number of nitrogens with two attached hydrogens (primary N) is 1. The van der Waals surface area contributed by atoms with Gasteiger partial charge < -0.3 is 20.1 Å². The highest BCUT2D eigenvalue weighted by atomic mass is 16.5. The molecular formula is C17H26N2O3. The first-order valence-corrected chi connectivity index (χ1v) is 7.90. The number of carbonyl (C=O) groups excluding carboxylic acids is 1. The fourth-order valence-electron chi connectivity index (χ4n) is 3.10. The third-order valence-electron chi connectivity index (χ3n) is 4.25. The maximum atomic E-state index is 12.6. The first-order valence-electron chi connectivity index (χ1n) is 7.90. The zero-order valence-corrected chi connectivity index (χ0v) is 13.7. The van der Waals surface area contributed by atoms with E-state index in [0.717, 1.165) is 49.3 Å². The molecule has 0 saturated carbocycles. The summed E-state index contributed by atoms with van der Waals surface area (Å²) in [4.78, 5) is 14.5. The molecule has 0 aromatic heterocycles. The minimum Gasteiger partial charge on any atom is -0.497 e. The number of likely N-dealkylation sites (tertiary alicyclic amines) is 1. The number of amides is 1. The molecule has 1 heterocycles. The van der Waals surface area contributed by atoms with Crippen LogP contribution in [-0.2, 0) is 4.79 Å². The van der Waals surface area contributed by atoms with Gasteiger partial charge in [-0.1, -0.05) is 13.3 Å². The summed E-state index contributed by atoms with van der Waals surface area (Å²) in [5, 5.41) is 0. The minimum absolute atomic E-state index is 0.0382. The number of ether oxygens (including phenoxy) is 2. The Morgan fingerprint density at radius 1 is 1.41 bits per heavy atom. The largest absolute Gasteiger partial charge is 0.497 e. The molecule has 1 fully saturated rings. The molecule has 2 atom stereocenters. The Hall–Kier alpha value is -1.75. The summed E-state index contributed by atoms with van der Waals surface area (Å²) in [5.41, 5.74) is 7.05. The van der Waals surface area contributed by atoms with Crippen molar-refractivity contribution in [2.24, 2.45) is 5.73 Å². The van der Waals surface area contributed by atoms with E-state index >= 15 is 0 Å². The summed E-state index contributed by atoms with van der Waals surface area (Å²) in [6.45, 7) is 2.80. The second-order valence-corrected chi connectivity index (χ2v) is 5.69. The van der Waals surface area contributed by atoms with E-state index in [9.17, 15) is 4.79 Å². The Kier molecular flexibility index (Phi) is 5.66. The van der Waals surface area contributed by atoms with E-state index in [2.05, 4.69) is 0 Å². The van der Waals surface area contributed by atoms with Crippen molar-refractivity contribution in [1.29, 1.82) is 0 Å². The molecule has 1 aliphatic rings. The number of carbonyl (C=O) groups is 1. The molecule has 1 saturated heterocycles. The van der Waals surface area contributed by atoms with Gasteiger partial charge in [-0.05, 0) is 31.4 Å². The maximum Gasteiger partial charge on any atom is 0.239 e. The minimum atomic E-state index is -0.408. The van der Waals surface area contributed by atoms with Crippen LogP contribution in [-0.4, -0.2) is 37.6 Å². The lowest BCUT2D eigenvalue weighted by Crippen LogP contribution is -2.43. The smallest absolute Gasteiger partial charge is 0.239 e. The molecule has 0 aliphatic carbocycles. The quantitative estimate of drug-likeness (QED) is 0.877. The first kappa shape index (κ1) is 16.6. The van der Waals surface area contributed by atoms with E-state index in [1.165, 1.54) is 0 Å². The molecule has 2 unspecified atom stereocenters. The molecule has 1 amide bonds. The molecule has 1 aromatic carbocycles. The van der Waals surface area contributed by atoms with E-state index in [4.69, 9.17) is 15.2 Å². The molecule has 1 aromatic rings. The lowest BCUT2D eigenvalue weighted by Gasteiger charge is -2.28. The Morgan fingerprint density at radius 3 is 2.82 bits per heavy atom. The van der Waals surface area contributed by atoms with Gasteiger partial charge >= 0.3 is 0 Å². The summed E-state index contributed by atoms with van der Waals surface area (Å²) in [5.74, 6) is 1.55. The lowest BCUT2D eigenvalue weighted by molar-refractivity contribution is -0.133. The van der Waals surface area contributed by atoms with Crippen molar-refractivity contribution in [1.82, 2.24) is 4.90 Å². The Labute approximate surface area is 132 Å². The third kappa shape index (κ3) is 3.35.